The Kier molecular flexibility index (Phi) is 4.17. The molecule has 1 aliphatic heterocycles. The number of rotatable bonds is 3. The highest BCUT2D eigenvalue weighted by Gasteiger charge is 2.34. The second kappa shape index (κ2) is 5.46. The number of aryl methyl sites for hydroxylation is 1. The van der Waals surface area contributed by atoms with E-state index in [9.17, 15) is 0 Å². The van der Waals surface area contributed by atoms with Crippen LogP contribution in [0, 0.1) is 12.8 Å². The van der Waals surface area contributed by atoms with E-state index in [1.54, 1.807) is 11.3 Å². The summed E-state index contributed by atoms with van der Waals surface area (Å²) in [4.78, 5) is 7.26. The fourth-order valence-electron chi connectivity index (χ4n) is 2.78. The van der Waals surface area contributed by atoms with Crippen molar-refractivity contribution in [1.82, 2.24) is 9.88 Å². The van der Waals surface area contributed by atoms with E-state index in [1.807, 2.05) is 0 Å². The molecule has 4 heteroatoms. The largest absolute Gasteiger partial charge is 0.330 e. The summed E-state index contributed by atoms with van der Waals surface area (Å²) in [6, 6.07) is 1.01. The van der Waals surface area contributed by atoms with Gasteiger partial charge >= 0.3 is 0 Å². The van der Waals surface area contributed by atoms with Gasteiger partial charge < -0.3 is 5.73 Å². The van der Waals surface area contributed by atoms with E-state index in [0.29, 0.717) is 18.0 Å². The number of nitrogens with two attached hydrogens (primary N) is 1. The maximum Gasteiger partial charge on any atom is 0.110 e. The lowest BCUT2D eigenvalue weighted by Gasteiger charge is -2.42. The summed E-state index contributed by atoms with van der Waals surface area (Å²) in [6.45, 7) is 8.56. The summed E-state index contributed by atoms with van der Waals surface area (Å²) in [5, 5.41) is 3.40. The van der Waals surface area contributed by atoms with Gasteiger partial charge in [-0.3, -0.25) is 4.90 Å². The van der Waals surface area contributed by atoms with Crippen LogP contribution in [-0.2, 0) is 0 Å². The Morgan fingerprint density at radius 3 is 2.88 bits per heavy atom. The molecule has 2 atom stereocenters. The molecule has 0 aromatic carbocycles. The van der Waals surface area contributed by atoms with Crippen molar-refractivity contribution in [2.45, 2.75) is 45.7 Å². The number of nitrogens with zero attached hydrogens (tertiary/aromatic N) is 2. The van der Waals surface area contributed by atoms with Crippen LogP contribution in [0.4, 0.5) is 0 Å². The number of likely N-dealkylation sites (tertiary alicyclic amines) is 1. The van der Waals surface area contributed by atoms with E-state index < -0.39 is 0 Å². The number of hydrogen-bond acceptors (Lipinski definition) is 4. The van der Waals surface area contributed by atoms with Gasteiger partial charge in [0, 0.05) is 17.1 Å². The van der Waals surface area contributed by atoms with Crippen LogP contribution >= 0.6 is 11.3 Å². The Morgan fingerprint density at radius 1 is 1.59 bits per heavy atom. The van der Waals surface area contributed by atoms with E-state index in [2.05, 4.69) is 36.0 Å². The molecule has 1 aromatic heterocycles. The molecule has 0 amide bonds. The molecule has 96 valence electrons. The Bertz CT molecular complexity index is 361. The number of thiazole rings is 1. The quantitative estimate of drug-likeness (QED) is 0.900. The molecular formula is C13H23N3S. The zero-order valence-corrected chi connectivity index (χ0v) is 11.8. The van der Waals surface area contributed by atoms with Gasteiger partial charge in [-0.25, -0.2) is 4.98 Å². The van der Waals surface area contributed by atoms with Crippen LogP contribution in [0.3, 0.4) is 0 Å². The fraction of sp³-hybridized carbons (Fsp3) is 0.769. The Hall–Kier alpha value is -0.450. The van der Waals surface area contributed by atoms with Crippen molar-refractivity contribution < 1.29 is 0 Å². The monoisotopic (exact) mass is 253 g/mol. The topological polar surface area (TPSA) is 42.1 Å². The van der Waals surface area contributed by atoms with Crippen molar-refractivity contribution in [1.29, 1.82) is 0 Å². The highest BCUT2D eigenvalue weighted by molar-refractivity contribution is 7.09. The van der Waals surface area contributed by atoms with Gasteiger partial charge in [0.05, 0.1) is 6.04 Å². The van der Waals surface area contributed by atoms with E-state index in [0.717, 1.165) is 12.2 Å². The summed E-state index contributed by atoms with van der Waals surface area (Å²) in [6.07, 6.45) is 2.50. The molecule has 17 heavy (non-hydrogen) atoms. The predicted octanol–water partition coefficient (Wildman–Crippen LogP) is 2.57. The number of hydrogen-bond donors (Lipinski definition) is 1. The molecule has 3 nitrogen and oxygen atoms in total. The first-order valence-corrected chi connectivity index (χ1v) is 7.39. The summed E-state index contributed by atoms with van der Waals surface area (Å²) in [7, 11) is 0. The van der Waals surface area contributed by atoms with Crippen molar-refractivity contribution in [3.05, 3.63) is 16.1 Å². The lowest BCUT2D eigenvalue weighted by atomic mass is 9.88. The van der Waals surface area contributed by atoms with Crippen molar-refractivity contribution in [2.75, 3.05) is 13.1 Å². The van der Waals surface area contributed by atoms with E-state index >= 15 is 0 Å². The van der Waals surface area contributed by atoms with Crippen LogP contribution in [0.25, 0.3) is 0 Å². The molecule has 1 aliphatic rings. The third kappa shape index (κ3) is 2.69. The van der Waals surface area contributed by atoms with E-state index in [4.69, 9.17) is 5.73 Å². The minimum atomic E-state index is 0.437. The van der Waals surface area contributed by atoms with Crippen molar-refractivity contribution >= 4 is 11.3 Å². The van der Waals surface area contributed by atoms with E-state index in [1.165, 1.54) is 24.4 Å². The van der Waals surface area contributed by atoms with Crippen molar-refractivity contribution in [3.8, 4) is 0 Å². The summed E-state index contributed by atoms with van der Waals surface area (Å²) >= 11 is 1.79. The first-order valence-electron chi connectivity index (χ1n) is 6.51. The molecule has 2 unspecified atom stereocenters. The first kappa shape index (κ1) is 13.0. The molecule has 0 aliphatic carbocycles. The Labute approximate surface area is 108 Å². The fourth-order valence-corrected chi connectivity index (χ4v) is 3.79. The zero-order valence-electron chi connectivity index (χ0n) is 11.0. The molecule has 0 bridgehead atoms. The molecule has 1 aromatic rings. The number of piperidine rings is 1. The van der Waals surface area contributed by atoms with Crippen LogP contribution in [0.1, 0.15) is 43.4 Å². The SMILES string of the molecule is Cc1csc(C2C(CN)CCCN2C(C)C)n1. The highest BCUT2D eigenvalue weighted by atomic mass is 32.1. The molecule has 2 heterocycles. The highest BCUT2D eigenvalue weighted by Crippen LogP contribution is 2.37. The van der Waals surface area contributed by atoms with Gasteiger partial charge in [-0.2, -0.15) is 0 Å². The smallest absolute Gasteiger partial charge is 0.110 e. The van der Waals surface area contributed by atoms with Gasteiger partial charge in [0.1, 0.15) is 5.01 Å². The second-order valence-corrected chi connectivity index (χ2v) is 6.13. The van der Waals surface area contributed by atoms with Gasteiger partial charge in [0.2, 0.25) is 0 Å². The molecule has 0 saturated carbocycles. The summed E-state index contributed by atoms with van der Waals surface area (Å²) in [5.41, 5.74) is 7.08. The van der Waals surface area contributed by atoms with Crippen molar-refractivity contribution in [2.24, 2.45) is 11.7 Å². The minimum absolute atomic E-state index is 0.437. The second-order valence-electron chi connectivity index (χ2n) is 5.24. The Balaban J connectivity index is 2.28. The zero-order chi connectivity index (χ0) is 12.4. The first-order chi connectivity index (χ1) is 8.13. The predicted molar refractivity (Wildman–Crippen MR) is 73.2 cm³/mol. The molecule has 1 saturated heterocycles. The lowest BCUT2D eigenvalue weighted by molar-refractivity contribution is 0.0663. The molecule has 2 rings (SSSR count). The normalized spacial score (nSPS) is 26.6. The lowest BCUT2D eigenvalue weighted by Crippen LogP contribution is -2.44. The molecular weight excluding hydrogens is 230 g/mol. The third-order valence-corrected chi connectivity index (χ3v) is 4.68. The van der Waals surface area contributed by atoms with Crippen LogP contribution in [0.5, 0.6) is 0 Å². The van der Waals surface area contributed by atoms with Crippen LogP contribution in [0.2, 0.25) is 0 Å². The third-order valence-electron chi connectivity index (χ3n) is 3.65. The van der Waals surface area contributed by atoms with Gasteiger partial charge in [0.15, 0.2) is 0 Å². The van der Waals surface area contributed by atoms with Gasteiger partial charge in [-0.05, 0) is 52.6 Å². The van der Waals surface area contributed by atoms with Gasteiger partial charge in [-0.15, -0.1) is 11.3 Å². The molecule has 1 fully saturated rings. The van der Waals surface area contributed by atoms with Crippen molar-refractivity contribution in [3.63, 3.8) is 0 Å². The molecule has 0 spiro atoms. The average Bonchev–Trinajstić information content (AvgIpc) is 2.74. The maximum atomic E-state index is 5.95. The average molecular weight is 253 g/mol. The van der Waals surface area contributed by atoms with Gasteiger partial charge in [0.25, 0.3) is 0 Å². The van der Waals surface area contributed by atoms with Crippen LogP contribution in [0.15, 0.2) is 5.38 Å². The maximum absolute atomic E-state index is 5.95. The molecule has 0 radical (unpaired) electrons. The summed E-state index contributed by atoms with van der Waals surface area (Å²) < 4.78 is 0. The summed E-state index contributed by atoms with van der Waals surface area (Å²) in [5.74, 6) is 0.566. The van der Waals surface area contributed by atoms with E-state index in [-0.39, 0.29) is 0 Å². The standard InChI is InChI=1S/C13H23N3S/c1-9(2)16-6-4-5-11(7-14)12(16)13-15-10(3)8-17-13/h8-9,11-12H,4-7,14H2,1-3H3. The number of aromatic nitrogens is 1. The Morgan fingerprint density at radius 2 is 2.35 bits per heavy atom. The van der Waals surface area contributed by atoms with Crippen LogP contribution in [-0.4, -0.2) is 29.0 Å². The molecule has 2 N–H and O–H groups in total. The van der Waals surface area contributed by atoms with Gasteiger partial charge in [-0.1, -0.05) is 0 Å². The van der Waals surface area contributed by atoms with Crippen LogP contribution < -0.4 is 5.73 Å². The minimum Gasteiger partial charge on any atom is -0.330 e.